The number of carboxylic acid groups (broad SMARTS) is 1. The third kappa shape index (κ3) is 5.61. The summed E-state index contributed by atoms with van der Waals surface area (Å²) in [5, 5.41) is 16.6. The van der Waals surface area contributed by atoms with Gasteiger partial charge in [-0.3, -0.25) is 0 Å². The van der Waals surface area contributed by atoms with Gasteiger partial charge in [-0.25, -0.2) is 14.2 Å². The number of benzene rings is 2. The quantitative estimate of drug-likeness (QED) is 0.245. The first kappa shape index (κ1) is 23.9. The number of anilines is 3. The number of carbonyl (C=O) groups is 1. The first-order valence-corrected chi connectivity index (χ1v) is 11.7. The second-order valence-electron chi connectivity index (χ2n) is 7.96. The van der Waals surface area contributed by atoms with E-state index in [0.29, 0.717) is 28.9 Å². The zero-order valence-corrected chi connectivity index (χ0v) is 20.2. The summed E-state index contributed by atoms with van der Waals surface area (Å²) < 4.78 is 14.4. The summed E-state index contributed by atoms with van der Waals surface area (Å²) in [6.45, 7) is 1.62. The maximum atomic E-state index is 13.5. The second-order valence-corrected chi connectivity index (χ2v) is 9.45. The summed E-state index contributed by atoms with van der Waals surface area (Å²) in [7, 11) is 4.04. The van der Waals surface area contributed by atoms with Gasteiger partial charge in [-0.1, -0.05) is 17.7 Å². The number of aromatic carboxylic acids is 1. The molecule has 0 spiro atoms. The summed E-state index contributed by atoms with van der Waals surface area (Å²) in [6.07, 6.45) is 2.62. The molecule has 10 heteroatoms. The number of fused-ring (bicyclic) bond motifs is 1. The zero-order valence-electron chi connectivity index (χ0n) is 18.6. The molecule has 0 amide bonds. The van der Waals surface area contributed by atoms with Crippen molar-refractivity contribution in [2.75, 3.05) is 37.8 Å². The standard InChI is InChI=1S/C24H23ClFN5O2S/c1-31(2)9-3-8-27-22-17(14-4-7-20-15(10-14)11-21(34-20)23(32)33)13-28-24(30-22)29-16-5-6-19(26)18(25)12-16/h4-7,10-13H,3,8-9H2,1-2H3,(H,32,33)(H2,27,28,29,30). The second kappa shape index (κ2) is 10.3. The lowest BCUT2D eigenvalue weighted by molar-refractivity contribution is 0.0702. The molecular weight excluding hydrogens is 477 g/mol. The third-order valence-corrected chi connectivity index (χ3v) is 6.47. The Morgan fingerprint density at radius 1 is 1.21 bits per heavy atom. The number of halogens is 2. The summed E-state index contributed by atoms with van der Waals surface area (Å²) in [5.74, 6) is -0.462. The molecule has 3 N–H and O–H groups in total. The lowest BCUT2D eigenvalue weighted by atomic mass is 10.1. The van der Waals surface area contributed by atoms with Gasteiger partial charge in [0.2, 0.25) is 5.95 Å². The molecule has 0 radical (unpaired) electrons. The van der Waals surface area contributed by atoms with Crippen LogP contribution in [0.5, 0.6) is 0 Å². The van der Waals surface area contributed by atoms with Gasteiger partial charge in [-0.2, -0.15) is 4.98 Å². The first-order valence-electron chi connectivity index (χ1n) is 10.5. The Hall–Kier alpha value is -3.27. The van der Waals surface area contributed by atoms with Crippen molar-refractivity contribution in [1.29, 1.82) is 0 Å². The molecule has 2 aromatic heterocycles. The number of thiophene rings is 1. The number of rotatable bonds is 9. The van der Waals surface area contributed by atoms with Gasteiger partial charge in [0.05, 0.1) is 5.02 Å². The Balaban J connectivity index is 1.66. The molecule has 0 saturated carbocycles. The highest BCUT2D eigenvalue weighted by Gasteiger charge is 2.14. The van der Waals surface area contributed by atoms with Gasteiger partial charge in [0.25, 0.3) is 0 Å². The zero-order chi connectivity index (χ0) is 24.2. The Labute approximate surface area is 205 Å². The molecule has 4 rings (SSSR count). The number of hydrogen-bond acceptors (Lipinski definition) is 7. The lowest BCUT2D eigenvalue weighted by Crippen LogP contribution is -2.17. The maximum Gasteiger partial charge on any atom is 0.345 e. The fraction of sp³-hybridized carbons (Fsp3) is 0.208. The van der Waals surface area contributed by atoms with E-state index in [-0.39, 0.29) is 5.02 Å². The van der Waals surface area contributed by atoms with Crippen LogP contribution in [0.25, 0.3) is 21.2 Å². The van der Waals surface area contributed by atoms with Gasteiger partial charge in [-0.15, -0.1) is 11.3 Å². The molecule has 0 aliphatic carbocycles. The van der Waals surface area contributed by atoms with Crippen LogP contribution in [0, 0.1) is 5.82 Å². The van der Waals surface area contributed by atoms with E-state index in [1.807, 2.05) is 32.3 Å². The molecule has 0 fully saturated rings. The van der Waals surface area contributed by atoms with E-state index in [1.54, 1.807) is 18.3 Å². The fourth-order valence-electron chi connectivity index (χ4n) is 3.41. The Kier molecular flexibility index (Phi) is 7.26. The number of nitrogens with one attached hydrogen (secondary N) is 2. The summed E-state index contributed by atoms with van der Waals surface area (Å²) >= 11 is 7.13. The van der Waals surface area contributed by atoms with E-state index in [1.165, 1.54) is 23.5 Å². The molecule has 0 aliphatic heterocycles. The predicted molar refractivity (Wildman–Crippen MR) is 136 cm³/mol. The maximum absolute atomic E-state index is 13.5. The smallest absolute Gasteiger partial charge is 0.345 e. The Morgan fingerprint density at radius 3 is 2.76 bits per heavy atom. The molecule has 0 saturated heterocycles. The van der Waals surface area contributed by atoms with Crippen LogP contribution in [-0.2, 0) is 0 Å². The Morgan fingerprint density at radius 2 is 2.03 bits per heavy atom. The molecule has 0 aliphatic rings. The van der Waals surface area contributed by atoms with Gasteiger partial charge < -0.3 is 20.6 Å². The topological polar surface area (TPSA) is 90.4 Å². The van der Waals surface area contributed by atoms with Crippen molar-refractivity contribution in [3.8, 4) is 11.1 Å². The van der Waals surface area contributed by atoms with Crippen LogP contribution in [0.2, 0.25) is 5.02 Å². The fourth-order valence-corrected chi connectivity index (χ4v) is 4.47. The van der Waals surface area contributed by atoms with Gasteiger partial charge >= 0.3 is 5.97 Å². The van der Waals surface area contributed by atoms with Crippen molar-refractivity contribution < 1.29 is 14.3 Å². The molecule has 0 atom stereocenters. The van der Waals surface area contributed by atoms with Crippen molar-refractivity contribution in [2.24, 2.45) is 0 Å². The van der Waals surface area contributed by atoms with Crippen LogP contribution in [-0.4, -0.2) is 53.1 Å². The van der Waals surface area contributed by atoms with Crippen molar-refractivity contribution in [2.45, 2.75) is 6.42 Å². The van der Waals surface area contributed by atoms with E-state index >= 15 is 0 Å². The van der Waals surface area contributed by atoms with Crippen molar-refractivity contribution in [3.05, 3.63) is 64.4 Å². The number of carboxylic acids is 1. The van der Waals surface area contributed by atoms with E-state index in [2.05, 4.69) is 25.5 Å². The highest BCUT2D eigenvalue weighted by molar-refractivity contribution is 7.20. The van der Waals surface area contributed by atoms with Crippen LogP contribution in [0.4, 0.5) is 21.8 Å². The molecule has 176 valence electrons. The van der Waals surface area contributed by atoms with Gasteiger partial charge in [-0.05, 0) is 74.4 Å². The van der Waals surface area contributed by atoms with Crippen molar-refractivity contribution >= 4 is 56.4 Å². The van der Waals surface area contributed by atoms with E-state index < -0.39 is 11.8 Å². The normalized spacial score (nSPS) is 11.2. The van der Waals surface area contributed by atoms with Crippen LogP contribution in [0.1, 0.15) is 16.1 Å². The molecule has 2 heterocycles. The summed E-state index contributed by atoms with van der Waals surface area (Å²) in [5.41, 5.74) is 2.23. The average Bonchev–Trinajstić information content (AvgIpc) is 3.23. The minimum atomic E-state index is -0.939. The number of nitrogens with zero attached hydrogens (tertiary/aromatic N) is 3. The van der Waals surface area contributed by atoms with E-state index in [9.17, 15) is 14.3 Å². The summed E-state index contributed by atoms with van der Waals surface area (Å²) in [4.78, 5) is 22.8. The van der Waals surface area contributed by atoms with Gasteiger partial charge in [0, 0.05) is 28.7 Å². The monoisotopic (exact) mass is 499 g/mol. The lowest BCUT2D eigenvalue weighted by Gasteiger charge is -2.15. The largest absolute Gasteiger partial charge is 0.477 e. The molecular formula is C24H23ClFN5O2S. The molecule has 0 bridgehead atoms. The van der Waals surface area contributed by atoms with E-state index in [0.717, 1.165) is 34.2 Å². The molecule has 34 heavy (non-hydrogen) atoms. The van der Waals surface area contributed by atoms with Crippen LogP contribution in [0.15, 0.2) is 48.7 Å². The highest BCUT2D eigenvalue weighted by atomic mass is 35.5. The minimum Gasteiger partial charge on any atom is -0.477 e. The molecule has 4 aromatic rings. The van der Waals surface area contributed by atoms with Crippen LogP contribution in [0.3, 0.4) is 0 Å². The van der Waals surface area contributed by atoms with Crippen LogP contribution >= 0.6 is 22.9 Å². The van der Waals surface area contributed by atoms with Gasteiger partial charge in [0.15, 0.2) is 0 Å². The number of hydrogen-bond donors (Lipinski definition) is 3. The van der Waals surface area contributed by atoms with Gasteiger partial charge in [0.1, 0.15) is 16.5 Å². The molecule has 7 nitrogen and oxygen atoms in total. The molecule has 0 unspecified atom stereocenters. The number of aromatic nitrogens is 2. The average molecular weight is 500 g/mol. The first-order chi connectivity index (χ1) is 16.3. The van der Waals surface area contributed by atoms with Crippen molar-refractivity contribution in [1.82, 2.24) is 14.9 Å². The SMILES string of the molecule is CN(C)CCCNc1nc(Nc2ccc(F)c(Cl)c2)ncc1-c1ccc2sc(C(=O)O)cc2c1. The van der Waals surface area contributed by atoms with Crippen molar-refractivity contribution in [3.63, 3.8) is 0 Å². The van der Waals surface area contributed by atoms with E-state index in [4.69, 9.17) is 11.6 Å². The Bertz CT molecular complexity index is 1340. The molecule has 2 aromatic carbocycles. The summed E-state index contributed by atoms with van der Waals surface area (Å²) in [6, 6.07) is 11.8. The highest BCUT2D eigenvalue weighted by Crippen LogP contribution is 2.33. The minimum absolute atomic E-state index is 0.00782. The third-order valence-electron chi connectivity index (χ3n) is 5.08. The predicted octanol–water partition coefficient (Wildman–Crippen LogP) is 5.96. The van der Waals surface area contributed by atoms with Crippen LogP contribution < -0.4 is 10.6 Å².